The van der Waals surface area contributed by atoms with Gasteiger partial charge in [0, 0.05) is 5.92 Å². The van der Waals surface area contributed by atoms with Crippen molar-refractivity contribution in [1.29, 1.82) is 0 Å². The van der Waals surface area contributed by atoms with E-state index in [9.17, 15) is 0 Å². The highest BCUT2D eigenvalue weighted by Crippen LogP contribution is 2.36. The number of hydrogen-bond acceptors (Lipinski definition) is 0. The van der Waals surface area contributed by atoms with Crippen molar-refractivity contribution in [2.75, 3.05) is 14.1 Å². The summed E-state index contributed by atoms with van der Waals surface area (Å²) in [4.78, 5) is 0. The Labute approximate surface area is 83.7 Å². The topological polar surface area (TPSA) is 0 Å². The van der Waals surface area contributed by atoms with Crippen molar-refractivity contribution < 1.29 is 4.48 Å². The summed E-state index contributed by atoms with van der Waals surface area (Å²) in [7, 11) is 4.80. The average molecular weight is 184 g/mol. The predicted molar refractivity (Wildman–Crippen MR) is 58.7 cm³/mol. The molecule has 1 heteroatoms. The van der Waals surface area contributed by atoms with E-state index in [1.54, 1.807) is 0 Å². The van der Waals surface area contributed by atoms with E-state index >= 15 is 0 Å². The molecule has 0 amide bonds. The van der Waals surface area contributed by atoms with Crippen LogP contribution in [0.2, 0.25) is 0 Å². The van der Waals surface area contributed by atoms with Crippen molar-refractivity contribution in [3.63, 3.8) is 0 Å². The zero-order chi connectivity index (χ0) is 10.1. The first kappa shape index (κ1) is 11.0. The zero-order valence-electron chi connectivity index (χ0n) is 10.0. The summed E-state index contributed by atoms with van der Waals surface area (Å²) in [5.41, 5.74) is 0. The highest BCUT2D eigenvalue weighted by atomic mass is 15.4. The molecule has 0 saturated heterocycles. The smallest absolute Gasteiger partial charge is 0.0913 e. The third kappa shape index (κ3) is 2.07. The summed E-state index contributed by atoms with van der Waals surface area (Å²) in [6.45, 7) is 7.05. The fourth-order valence-corrected chi connectivity index (χ4v) is 2.55. The van der Waals surface area contributed by atoms with Gasteiger partial charge < -0.3 is 4.48 Å². The predicted octanol–water partition coefficient (Wildman–Crippen LogP) is 3.05. The molecule has 1 fully saturated rings. The maximum Gasteiger partial charge on any atom is 0.0913 e. The number of rotatable bonds is 4. The molecule has 1 unspecified atom stereocenters. The highest BCUT2D eigenvalue weighted by molar-refractivity contribution is 4.78. The van der Waals surface area contributed by atoms with Crippen LogP contribution in [0.3, 0.4) is 0 Å². The molecule has 0 aliphatic heterocycles. The van der Waals surface area contributed by atoms with Crippen LogP contribution in [0.5, 0.6) is 0 Å². The van der Waals surface area contributed by atoms with E-state index in [-0.39, 0.29) is 0 Å². The molecule has 1 aliphatic rings. The molecule has 0 aromatic rings. The molecule has 1 atom stereocenters. The van der Waals surface area contributed by atoms with Crippen LogP contribution in [0, 0.1) is 5.92 Å². The Hall–Kier alpha value is -0.0400. The van der Waals surface area contributed by atoms with Crippen LogP contribution in [0.15, 0.2) is 0 Å². The van der Waals surface area contributed by atoms with Crippen LogP contribution in [0.25, 0.3) is 0 Å². The molecule has 0 heterocycles. The largest absolute Gasteiger partial charge is 0.324 e. The monoisotopic (exact) mass is 184 g/mol. The van der Waals surface area contributed by atoms with E-state index in [0.717, 1.165) is 18.0 Å². The number of quaternary nitrogens is 1. The van der Waals surface area contributed by atoms with Crippen molar-refractivity contribution in [1.82, 2.24) is 0 Å². The molecule has 1 aliphatic carbocycles. The second-order valence-electron chi connectivity index (χ2n) is 5.39. The summed E-state index contributed by atoms with van der Waals surface area (Å²) in [6.07, 6.45) is 5.77. The second kappa shape index (κ2) is 4.00. The standard InChI is InChI=1S/C12H26N/c1-6-12(11-8-7-9-11)13(4,5)10(2)3/h10-12H,6-9H2,1-5H3/q+1. The van der Waals surface area contributed by atoms with Crippen LogP contribution >= 0.6 is 0 Å². The highest BCUT2D eigenvalue weighted by Gasteiger charge is 2.38. The Morgan fingerprint density at radius 3 is 2.00 bits per heavy atom. The third-order valence-corrected chi connectivity index (χ3v) is 4.30. The Morgan fingerprint density at radius 1 is 1.23 bits per heavy atom. The molecule has 1 saturated carbocycles. The Kier molecular flexibility index (Phi) is 3.39. The minimum atomic E-state index is 0.755. The molecular formula is C12H26N+. The van der Waals surface area contributed by atoms with Crippen molar-refractivity contribution in [3.8, 4) is 0 Å². The van der Waals surface area contributed by atoms with Gasteiger partial charge in [0.15, 0.2) is 0 Å². The van der Waals surface area contributed by atoms with Crippen LogP contribution in [-0.2, 0) is 0 Å². The molecule has 0 radical (unpaired) electrons. The van der Waals surface area contributed by atoms with Crippen molar-refractivity contribution in [2.45, 2.75) is 58.5 Å². The van der Waals surface area contributed by atoms with Crippen LogP contribution in [0.4, 0.5) is 0 Å². The Bertz CT molecular complexity index is 157. The lowest BCUT2D eigenvalue weighted by Gasteiger charge is -2.47. The molecule has 13 heavy (non-hydrogen) atoms. The summed E-state index contributed by atoms with van der Waals surface area (Å²) in [5.74, 6) is 1.02. The van der Waals surface area contributed by atoms with Gasteiger partial charge >= 0.3 is 0 Å². The average Bonchev–Trinajstić information content (AvgIpc) is 1.95. The normalized spacial score (nSPS) is 21.7. The van der Waals surface area contributed by atoms with Gasteiger partial charge in [0.1, 0.15) is 0 Å². The van der Waals surface area contributed by atoms with Gasteiger partial charge in [0.25, 0.3) is 0 Å². The van der Waals surface area contributed by atoms with Gasteiger partial charge in [-0.05, 0) is 33.1 Å². The van der Waals surface area contributed by atoms with E-state index in [1.807, 2.05) is 0 Å². The lowest BCUT2D eigenvalue weighted by Crippen LogP contribution is -2.57. The molecule has 78 valence electrons. The maximum atomic E-state index is 2.40. The molecule has 0 spiro atoms. The van der Waals surface area contributed by atoms with Crippen molar-refractivity contribution >= 4 is 0 Å². The van der Waals surface area contributed by atoms with Gasteiger partial charge in [-0.1, -0.05) is 13.3 Å². The fourth-order valence-electron chi connectivity index (χ4n) is 2.55. The third-order valence-electron chi connectivity index (χ3n) is 4.30. The van der Waals surface area contributed by atoms with Crippen LogP contribution < -0.4 is 0 Å². The molecular weight excluding hydrogens is 158 g/mol. The molecule has 0 bridgehead atoms. The lowest BCUT2D eigenvalue weighted by atomic mass is 9.77. The maximum absolute atomic E-state index is 2.40. The molecule has 1 rings (SSSR count). The summed E-state index contributed by atoms with van der Waals surface area (Å²) in [6, 6.07) is 1.65. The minimum Gasteiger partial charge on any atom is -0.324 e. The summed E-state index contributed by atoms with van der Waals surface area (Å²) in [5, 5.41) is 0. The molecule has 0 aromatic heterocycles. The quantitative estimate of drug-likeness (QED) is 0.589. The first-order valence-corrected chi connectivity index (χ1v) is 5.83. The van der Waals surface area contributed by atoms with E-state index in [1.165, 1.54) is 30.2 Å². The first-order valence-electron chi connectivity index (χ1n) is 5.83. The first-order chi connectivity index (χ1) is 6.00. The second-order valence-corrected chi connectivity index (χ2v) is 5.39. The molecule has 1 nitrogen and oxygen atoms in total. The van der Waals surface area contributed by atoms with E-state index < -0.39 is 0 Å². The van der Waals surface area contributed by atoms with Gasteiger partial charge in [-0.25, -0.2) is 0 Å². The van der Waals surface area contributed by atoms with Crippen LogP contribution in [-0.4, -0.2) is 30.7 Å². The summed E-state index contributed by atoms with van der Waals surface area (Å²) < 4.78 is 1.21. The van der Waals surface area contributed by atoms with Crippen molar-refractivity contribution in [2.24, 2.45) is 5.92 Å². The van der Waals surface area contributed by atoms with Crippen LogP contribution in [0.1, 0.15) is 46.5 Å². The van der Waals surface area contributed by atoms with Crippen molar-refractivity contribution in [3.05, 3.63) is 0 Å². The Balaban J connectivity index is 2.63. The molecule has 0 N–H and O–H groups in total. The van der Waals surface area contributed by atoms with Gasteiger partial charge in [-0.2, -0.15) is 0 Å². The fraction of sp³-hybridized carbons (Fsp3) is 1.00. The SMILES string of the molecule is CCC(C1CCC1)[N+](C)(C)C(C)C. The number of nitrogens with zero attached hydrogens (tertiary/aromatic N) is 1. The van der Waals surface area contributed by atoms with E-state index in [0.29, 0.717) is 0 Å². The number of hydrogen-bond donors (Lipinski definition) is 0. The van der Waals surface area contributed by atoms with E-state index in [2.05, 4.69) is 34.9 Å². The Morgan fingerprint density at radius 2 is 1.77 bits per heavy atom. The van der Waals surface area contributed by atoms with Gasteiger partial charge in [0.2, 0.25) is 0 Å². The van der Waals surface area contributed by atoms with Gasteiger partial charge in [-0.15, -0.1) is 0 Å². The minimum absolute atomic E-state index is 0.755. The molecule has 0 aromatic carbocycles. The van der Waals surface area contributed by atoms with Gasteiger partial charge in [-0.3, -0.25) is 0 Å². The lowest BCUT2D eigenvalue weighted by molar-refractivity contribution is -0.939. The van der Waals surface area contributed by atoms with Gasteiger partial charge in [0.05, 0.1) is 26.2 Å². The zero-order valence-corrected chi connectivity index (χ0v) is 10.0. The van der Waals surface area contributed by atoms with E-state index in [4.69, 9.17) is 0 Å². The summed E-state index contributed by atoms with van der Waals surface area (Å²) >= 11 is 0.